The molecule has 0 bridgehead atoms. The highest BCUT2D eigenvalue weighted by Crippen LogP contribution is 2.42. The van der Waals surface area contributed by atoms with Crippen molar-refractivity contribution in [3.63, 3.8) is 0 Å². The maximum atomic E-state index is 10.7. The van der Waals surface area contributed by atoms with Crippen molar-refractivity contribution in [2.24, 2.45) is 0 Å². The molecule has 28 heavy (non-hydrogen) atoms. The Morgan fingerprint density at radius 1 is 1.21 bits per heavy atom. The van der Waals surface area contributed by atoms with E-state index < -0.39 is 0 Å². The number of allylic oxidation sites excluding steroid dienone is 1. The normalized spacial score (nSPS) is 13.1. The van der Waals surface area contributed by atoms with E-state index >= 15 is 0 Å². The van der Waals surface area contributed by atoms with Crippen LogP contribution in [0.25, 0.3) is 5.57 Å². The minimum Gasteiger partial charge on any atom is -0.393 e. The minimum absolute atomic E-state index is 0.474. The number of carbonyl (C=O) groups is 1. The number of benzene rings is 2. The first-order valence-corrected chi connectivity index (χ1v) is 9.50. The van der Waals surface area contributed by atoms with Crippen molar-refractivity contribution in [1.82, 2.24) is 5.32 Å². The summed E-state index contributed by atoms with van der Waals surface area (Å²) in [5.74, 6) is 0. The lowest BCUT2D eigenvalue weighted by molar-refractivity contribution is -0.107. The Morgan fingerprint density at radius 3 is 2.79 bits per heavy atom. The van der Waals surface area contributed by atoms with Gasteiger partial charge in [-0.1, -0.05) is 12.1 Å². The summed E-state index contributed by atoms with van der Waals surface area (Å²) in [7, 11) is 3.74. The van der Waals surface area contributed by atoms with Crippen LogP contribution < -0.4 is 20.9 Å². The van der Waals surface area contributed by atoms with Crippen LogP contribution in [-0.2, 0) is 11.2 Å². The zero-order chi connectivity index (χ0) is 19.9. The zero-order valence-electron chi connectivity index (χ0n) is 16.4. The van der Waals surface area contributed by atoms with Gasteiger partial charge in [0, 0.05) is 57.3 Å². The molecule has 0 spiro atoms. The van der Waals surface area contributed by atoms with Crippen LogP contribution in [0.5, 0.6) is 0 Å². The monoisotopic (exact) mass is 377 g/mol. The van der Waals surface area contributed by atoms with Crippen molar-refractivity contribution in [2.75, 3.05) is 42.7 Å². The van der Waals surface area contributed by atoms with Crippen molar-refractivity contribution < 1.29 is 4.79 Å². The molecule has 6 nitrogen and oxygen atoms in total. The van der Waals surface area contributed by atoms with Gasteiger partial charge in [-0.25, -0.2) is 0 Å². The van der Waals surface area contributed by atoms with E-state index in [4.69, 9.17) is 5.41 Å². The molecule has 4 N–H and O–H groups in total. The van der Waals surface area contributed by atoms with Gasteiger partial charge in [0.2, 0.25) is 0 Å². The third-order valence-electron chi connectivity index (χ3n) is 4.93. The number of aldehydes is 1. The third-order valence-corrected chi connectivity index (χ3v) is 4.93. The van der Waals surface area contributed by atoms with Gasteiger partial charge in [0.05, 0.1) is 17.1 Å². The van der Waals surface area contributed by atoms with Gasteiger partial charge in [0.1, 0.15) is 6.29 Å². The molecule has 0 saturated heterocycles. The standard InChI is InChI=1S/C22H27N5O/c1-24-15-18(14-23)16-7-8-20-17(13-16)9-11-27(20)21-6-3-5-19(25-2)22(21)26-10-4-12-28/h3,5-8,12-15,23-26H,4,9-11H2,1-2H3/b18-15+,23-14?. The van der Waals surface area contributed by atoms with Gasteiger partial charge in [0.15, 0.2) is 0 Å². The predicted octanol–water partition coefficient (Wildman–Crippen LogP) is 3.63. The molecule has 0 fully saturated rings. The topological polar surface area (TPSA) is 80.2 Å². The van der Waals surface area contributed by atoms with E-state index in [2.05, 4.69) is 45.1 Å². The van der Waals surface area contributed by atoms with E-state index in [1.807, 2.05) is 32.4 Å². The van der Waals surface area contributed by atoms with Crippen molar-refractivity contribution in [1.29, 1.82) is 5.41 Å². The first kappa shape index (κ1) is 19.5. The molecule has 0 unspecified atom stereocenters. The molecule has 146 valence electrons. The largest absolute Gasteiger partial charge is 0.393 e. The van der Waals surface area contributed by atoms with E-state index in [-0.39, 0.29) is 0 Å². The Morgan fingerprint density at radius 2 is 2.07 bits per heavy atom. The Bertz CT molecular complexity index is 890. The first-order valence-electron chi connectivity index (χ1n) is 9.50. The van der Waals surface area contributed by atoms with Gasteiger partial charge in [-0.2, -0.15) is 0 Å². The summed E-state index contributed by atoms with van der Waals surface area (Å²) in [6.45, 7) is 1.50. The van der Waals surface area contributed by atoms with Crippen LogP contribution in [0.15, 0.2) is 42.6 Å². The number of carbonyl (C=O) groups excluding carboxylic acids is 1. The third kappa shape index (κ3) is 3.86. The molecule has 0 radical (unpaired) electrons. The second-order valence-corrected chi connectivity index (χ2v) is 6.61. The first-order chi connectivity index (χ1) is 13.7. The highest BCUT2D eigenvalue weighted by Gasteiger charge is 2.24. The van der Waals surface area contributed by atoms with Gasteiger partial charge >= 0.3 is 0 Å². The van der Waals surface area contributed by atoms with Crippen molar-refractivity contribution >= 4 is 40.8 Å². The summed E-state index contributed by atoms with van der Waals surface area (Å²) < 4.78 is 0. The molecule has 0 amide bonds. The molecular formula is C22H27N5O. The molecule has 3 rings (SSSR count). The number of para-hydroxylation sites is 1. The van der Waals surface area contributed by atoms with Crippen LogP contribution >= 0.6 is 0 Å². The molecule has 0 saturated carbocycles. The van der Waals surface area contributed by atoms with Crippen LogP contribution in [0, 0.1) is 5.41 Å². The van der Waals surface area contributed by atoms with Gasteiger partial charge < -0.3 is 31.1 Å². The van der Waals surface area contributed by atoms with E-state index in [0.29, 0.717) is 13.0 Å². The summed E-state index contributed by atoms with van der Waals surface area (Å²) in [6.07, 6.45) is 5.57. The average molecular weight is 377 g/mol. The van der Waals surface area contributed by atoms with Crippen LogP contribution in [0.4, 0.5) is 22.7 Å². The molecular weight excluding hydrogens is 350 g/mol. The average Bonchev–Trinajstić information content (AvgIpc) is 3.15. The summed E-state index contributed by atoms with van der Waals surface area (Å²) >= 11 is 0. The number of nitrogens with zero attached hydrogens (tertiary/aromatic N) is 1. The lowest BCUT2D eigenvalue weighted by atomic mass is 10.0. The summed E-state index contributed by atoms with van der Waals surface area (Å²) in [5, 5.41) is 17.3. The van der Waals surface area contributed by atoms with Crippen molar-refractivity contribution in [3.8, 4) is 0 Å². The molecule has 0 atom stereocenters. The molecule has 1 heterocycles. The number of nitrogens with one attached hydrogen (secondary N) is 4. The highest BCUT2D eigenvalue weighted by molar-refractivity contribution is 6.08. The molecule has 1 aliphatic heterocycles. The summed E-state index contributed by atoms with van der Waals surface area (Å²) in [6, 6.07) is 12.5. The second kappa shape index (κ2) is 9.08. The molecule has 0 aromatic heterocycles. The number of anilines is 4. The molecule has 2 aromatic carbocycles. The Hall–Kier alpha value is -3.28. The lowest BCUT2D eigenvalue weighted by Gasteiger charge is -2.25. The molecule has 2 aromatic rings. The minimum atomic E-state index is 0.474. The lowest BCUT2D eigenvalue weighted by Crippen LogP contribution is -2.17. The number of hydrogen-bond acceptors (Lipinski definition) is 6. The SMILES string of the molecule is CN/C=C(\C=N)c1ccc2c(c1)CCN2c1cccc(NC)c1NCCC=O. The highest BCUT2D eigenvalue weighted by atomic mass is 16.1. The number of fused-ring (bicyclic) bond motifs is 1. The Kier molecular flexibility index (Phi) is 6.32. The summed E-state index contributed by atoms with van der Waals surface area (Å²) in [4.78, 5) is 13.0. The van der Waals surface area contributed by atoms with Crippen molar-refractivity contribution in [2.45, 2.75) is 12.8 Å². The van der Waals surface area contributed by atoms with Crippen LogP contribution in [0.1, 0.15) is 17.5 Å². The fourth-order valence-corrected chi connectivity index (χ4v) is 3.61. The van der Waals surface area contributed by atoms with Gasteiger partial charge in [-0.3, -0.25) is 0 Å². The molecule has 1 aliphatic rings. The maximum absolute atomic E-state index is 10.7. The fraction of sp³-hybridized carbons (Fsp3) is 0.273. The van der Waals surface area contributed by atoms with Crippen LogP contribution in [0.3, 0.4) is 0 Å². The summed E-state index contributed by atoms with van der Waals surface area (Å²) in [5.41, 5.74) is 7.48. The van der Waals surface area contributed by atoms with Crippen LogP contribution in [-0.4, -0.2) is 39.7 Å². The quantitative estimate of drug-likeness (QED) is 0.305. The van der Waals surface area contributed by atoms with Gasteiger partial charge in [-0.05, 0) is 41.8 Å². The zero-order valence-corrected chi connectivity index (χ0v) is 16.4. The maximum Gasteiger partial charge on any atom is 0.121 e. The van der Waals surface area contributed by atoms with E-state index in [1.54, 1.807) is 0 Å². The van der Waals surface area contributed by atoms with Crippen molar-refractivity contribution in [3.05, 3.63) is 53.7 Å². The van der Waals surface area contributed by atoms with E-state index in [1.165, 1.54) is 17.5 Å². The van der Waals surface area contributed by atoms with E-state index in [0.717, 1.165) is 47.5 Å². The Balaban J connectivity index is 1.97. The van der Waals surface area contributed by atoms with Gasteiger partial charge in [-0.15, -0.1) is 0 Å². The smallest absolute Gasteiger partial charge is 0.121 e. The molecule has 6 heteroatoms. The number of hydrogen-bond donors (Lipinski definition) is 4. The van der Waals surface area contributed by atoms with Gasteiger partial charge in [0.25, 0.3) is 0 Å². The Labute approximate surface area is 166 Å². The fourth-order valence-electron chi connectivity index (χ4n) is 3.61. The number of rotatable bonds is 9. The molecule has 0 aliphatic carbocycles. The van der Waals surface area contributed by atoms with Crippen LogP contribution in [0.2, 0.25) is 0 Å². The second-order valence-electron chi connectivity index (χ2n) is 6.61. The van der Waals surface area contributed by atoms with E-state index in [9.17, 15) is 4.79 Å². The predicted molar refractivity (Wildman–Crippen MR) is 118 cm³/mol.